The van der Waals surface area contributed by atoms with Gasteiger partial charge in [0.25, 0.3) is 0 Å². The summed E-state index contributed by atoms with van der Waals surface area (Å²) in [5.41, 5.74) is 3.39. The first-order chi connectivity index (χ1) is 10.9. The number of nitrogens with zero attached hydrogens (tertiary/aromatic N) is 3. The zero-order chi connectivity index (χ0) is 14.8. The molecule has 0 aliphatic rings. The molecule has 0 aliphatic carbocycles. The molecule has 0 spiro atoms. The summed E-state index contributed by atoms with van der Waals surface area (Å²) < 4.78 is 1.94. The van der Waals surface area contributed by atoms with Crippen molar-refractivity contribution in [2.75, 3.05) is 0 Å². The molecule has 106 valence electrons. The van der Waals surface area contributed by atoms with Crippen LogP contribution in [0.3, 0.4) is 0 Å². The van der Waals surface area contributed by atoms with Crippen molar-refractivity contribution < 1.29 is 0 Å². The smallest absolute Gasteiger partial charge is 0.0889 e. The zero-order valence-electron chi connectivity index (χ0n) is 12.1. The summed E-state index contributed by atoms with van der Waals surface area (Å²) in [6.07, 6.45) is 1.82. The first kappa shape index (κ1) is 12.8. The Morgan fingerprint density at radius 3 is 2.41 bits per heavy atom. The first-order valence-corrected chi connectivity index (χ1v) is 7.32. The van der Waals surface area contributed by atoms with E-state index in [0.29, 0.717) is 0 Å². The largest absolute Gasteiger partial charge is 0.240 e. The molecule has 0 N–H and O–H groups in total. The molecule has 4 aromatic rings. The van der Waals surface area contributed by atoms with Crippen molar-refractivity contribution in [2.45, 2.75) is 6.54 Å². The summed E-state index contributed by atoms with van der Waals surface area (Å²) in [6.45, 7) is 0.717. The molecule has 0 fully saturated rings. The second-order valence-electron chi connectivity index (χ2n) is 5.32. The molecule has 0 aliphatic heterocycles. The second kappa shape index (κ2) is 5.45. The van der Waals surface area contributed by atoms with E-state index < -0.39 is 0 Å². The molecule has 0 saturated carbocycles. The van der Waals surface area contributed by atoms with E-state index in [0.717, 1.165) is 17.8 Å². The Balaban J connectivity index is 1.70. The fourth-order valence-electron chi connectivity index (χ4n) is 2.72. The summed E-state index contributed by atoms with van der Waals surface area (Å²) in [6, 6.07) is 25.2. The Bertz CT molecular complexity index is 910. The lowest BCUT2D eigenvalue weighted by Crippen LogP contribution is -2.04. The van der Waals surface area contributed by atoms with E-state index in [1.54, 1.807) is 0 Å². The number of fused-ring (bicyclic) bond motifs is 1. The predicted molar refractivity (Wildman–Crippen MR) is 88.5 cm³/mol. The van der Waals surface area contributed by atoms with Gasteiger partial charge in [0.15, 0.2) is 0 Å². The van der Waals surface area contributed by atoms with Gasteiger partial charge in [-0.3, -0.25) is 0 Å². The van der Waals surface area contributed by atoms with Crippen LogP contribution >= 0.6 is 0 Å². The van der Waals surface area contributed by atoms with Crippen molar-refractivity contribution in [3.63, 3.8) is 0 Å². The predicted octanol–water partition coefficient (Wildman–Crippen LogP) is 4.15. The normalized spacial score (nSPS) is 10.9. The number of hydrogen-bond acceptors (Lipinski definition) is 2. The molecule has 0 saturated heterocycles. The van der Waals surface area contributed by atoms with Gasteiger partial charge in [0, 0.05) is 5.56 Å². The summed E-state index contributed by atoms with van der Waals surface area (Å²) in [5.74, 6) is 0. The standard InChI is InChI=1S/C19H15N3/c1-2-7-17(8-3-1)19-13-20-21-22(19)14-15-10-11-16-6-4-5-9-18(16)12-15/h1-13H,14H2. The van der Waals surface area contributed by atoms with Crippen LogP contribution in [0.15, 0.2) is 79.0 Å². The zero-order valence-corrected chi connectivity index (χ0v) is 12.1. The average Bonchev–Trinajstić information content (AvgIpc) is 3.04. The molecular formula is C19H15N3. The van der Waals surface area contributed by atoms with Crippen molar-refractivity contribution in [2.24, 2.45) is 0 Å². The van der Waals surface area contributed by atoms with Crippen molar-refractivity contribution in [3.8, 4) is 11.3 Å². The monoisotopic (exact) mass is 285 g/mol. The van der Waals surface area contributed by atoms with E-state index in [4.69, 9.17) is 0 Å². The lowest BCUT2D eigenvalue weighted by Gasteiger charge is -2.07. The quantitative estimate of drug-likeness (QED) is 0.566. The van der Waals surface area contributed by atoms with E-state index in [9.17, 15) is 0 Å². The van der Waals surface area contributed by atoms with Gasteiger partial charge in [-0.15, -0.1) is 5.10 Å². The number of rotatable bonds is 3. The Hall–Kier alpha value is -2.94. The maximum absolute atomic E-state index is 4.23. The van der Waals surface area contributed by atoms with Crippen molar-refractivity contribution in [1.29, 1.82) is 0 Å². The summed E-state index contributed by atoms with van der Waals surface area (Å²) >= 11 is 0. The fraction of sp³-hybridized carbons (Fsp3) is 0.0526. The third kappa shape index (κ3) is 2.37. The third-order valence-corrected chi connectivity index (χ3v) is 3.83. The highest BCUT2D eigenvalue weighted by molar-refractivity contribution is 5.83. The Kier molecular flexibility index (Phi) is 3.16. The van der Waals surface area contributed by atoms with Gasteiger partial charge < -0.3 is 0 Å². The molecule has 0 bridgehead atoms. The minimum absolute atomic E-state index is 0.717. The van der Waals surface area contributed by atoms with Crippen LogP contribution in [0.2, 0.25) is 0 Å². The Morgan fingerprint density at radius 1 is 0.773 bits per heavy atom. The van der Waals surface area contributed by atoms with Gasteiger partial charge in [-0.2, -0.15) is 0 Å². The van der Waals surface area contributed by atoms with Crippen molar-refractivity contribution in [3.05, 3.63) is 84.6 Å². The molecule has 3 heteroatoms. The minimum atomic E-state index is 0.717. The fourth-order valence-corrected chi connectivity index (χ4v) is 2.72. The number of aromatic nitrogens is 3. The number of hydrogen-bond donors (Lipinski definition) is 0. The van der Waals surface area contributed by atoms with Crippen molar-refractivity contribution >= 4 is 10.8 Å². The second-order valence-corrected chi connectivity index (χ2v) is 5.32. The topological polar surface area (TPSA) is 30.7 Å². The van der Waals surface area contributed by atoms with Crippen LogP contribution in [-0.4, -0.2) is 15.0 Å². The van der Waals surface area contributed by atoms with Crippen LogP contribution in [0.5, 0.6) is 0 Å². The van der Waals surface area contributed by atoms with Crippen molar-refractivity contribution in [1.82, 2.24) is 15.0 Å². The molecule has 3 nitrogen and oxygen atoms in total. The minimum Gasteiger partial charge on any atom is -0.240 e. The van der Waals surface area contributed by atoms with Crippen LogP contribution in [0.1, 0.15) is 5.56 Å². The molecule has 22 heavy (non-hydrogen) atoms. The maximum Gasteiger partial charge on any atom is 0.0889 e. The molecule has 0 atom stereocenters. The van der Waals surface area contributed by atoms with Crippen LogP contribution in [-0.2, 0) is 6.54 Å². The highest BCUT2D eigenvalue weighted by Crippen LogP contribution is 2.20. The van der Waals surface area contributed by atoms with Gasteiger partial charge in [-0.1, -0.05) is 71.9 Å². The van der Waals surface area contributed by atoms with E-state index >= 15 is 0 Å². The van der Waals surface area contributed by atoms with E-state index in [1.807, 2.05) is 29.1 Å². The van der Waals surface area contributed by atoms with Gasteiger partial charge in [0.2, 0.25) is 0 Å². The van der Waals surface area contributed by atoms with E-state index in [-0.39, 0.29) is 0 Å². The lowest BCUT2D eigenvalue weighted by atomic mass is 10.1. The third-order valence-electron chi connectivity index (χ3n) is 3.83. The highest BCUT2D eigenvalue weighted by Gasteiger charge is 2.07. The first-order valence-electron chi connectivity index (χ1n) is 7.32. The van der Waals surface area contributed by atoms with Gasteiger partial charge >= 0.3 is 0 Å². The van der Waals surface area contributed by atoms with Gasteiger partial charge in [-0.05, 0) is 22.4 Å². The summed E-state index contributed by atoms with van der Waals surface area (Å²) in [4.78, 5) is 0. The van der Waals surface area contributed by atoms with Crippen LogP contribution in [0.4, 0.5) is 0 Å². The molecule has 0 amide bonds. The van der Waals surface area contributed by atoms with Crippen LogP contribution in [0.25, 0.3) is 22.0 Å². The van der Waals surface area contributed by atoms with E-state index in [1.165, 1.54) is 16.3 Å². The SMILES string of the molecule is c1ccc(-c2cnnn2Cc2ccc3ccccc3c2)cc1. The van der Waals surface area contributed by atoms with E-state index in [2.05, 4.69) is 64.9 Å². The average molecular weight is 285 g/mol. The van der Waals surface area contributed by atoms with Crippen LogP contribution < -0.4 is 0 Å². The van der Waals surface area contributed by atoms with Gasteiger partial charge in [-0.25, -0.2) is 4.68 Å². The Labute approximate surface area is 128 Å². The maximum atomic E-state index is 4.23. The number of benzene rings is 3. The van der Waals surface area contributed by atoms with Gasteiger partial charge in [0.1, 0.15) is 0 Å². The molecule has 1 aromatic heterocycles. The van der Waals surface area contributed by atoms with Gasteiger partial charge in [0.05, 0.1) is 18.4 Å². The lowest BCUT2D eigenvalue weighted by molar-refractivity contribution is 0.656. The molecular weight excluding hydrogens is 270 g/mol. The highest BCUT2D eigenvalue weighted by atomic mass is 15.4. The Morgan fingerprint density at radius 2 is 1.55 bits per heavy atom. The molecule has 3 aromatic carbocycles. The van der Waals surface area contributed by atoms with Crippen LogP contribution in [0, 0.1) is 0 Å². The molecule has 1 heterocycles. The molecule has 0 unspecified atom stereocenters. The molecule has 0 radical (unpaired) electrons. The summed E-state index contributed by atoms with van der Waals surface area (Å²) in [5, 5.41) is 10.8. The summed E-state index contributed by atoms with van der Waals surface area (Å²) in [7, 11) is 0. The molecule has 4 rings (SSSR count).